The van der Waals surface area contributed by atoms with Gasteiger partial charge in [-0.2, -0.15) is 0 Å². The lowest BCUT2D eigenvalue weighted by atomic mass is 9.89. The van der Waals surface area contributed by atoms with Crippen LogP contribution < -0.4 is 0 Å². The van der Waals surface area contributed by atoms with E-state index in [1.807, 2.05) is 24.3 Å². The molecule has 0 radical (unpaired) electrons. The molecule has 0 saturated carbocycles. The normalized spacial score (nSPS) is 13.2. The van der Waals surface area contributed by atoms with E-state index >= 15 is 0 Å². The molecular formula is C22H26O2. The molecule has 24 heavy (non-hydrogen) atoms. The van der Waals surface area contributed by atoms with E-state index in [4.69, 9.17) is 9.47 Å². The molecule has 0 saturated heterocycles. The summed E-state index contributed by atoms with van der Waals surface area (Å²) >= 11 is 0. The summed E-state index contributed by atoms with van der Waals surface area (Å²) in [4.78, 5) is 0. The van der Waals surface area contributed by atoms with Gasteiger partial charge in [0, 0.05) is 14.2 Å². The molecule has 0 amide bonds. The topological polar surface area (TPSA) is 18.5 Å². The van der Waals surface area contributed by atoms with Crippen molar-refractivity contribution in [2.45, 2.75) is 25.0 Å². The summed E-state index contributed by atoms with van der Waals surface area (Å²) in [6.07, 6.45) is 5.32. The third-order valence-corrected chi connectivity index (χ3v) is 4.24. The average molecular weight is 322 g/mol. The molecule has 2 nitrogen and oxygen atoms in total. The summed E-state index contributed by atoms with van der Waals surface area (Å²) < 4.78 is 11.4. The Labute approximate surface area is 145 Å². The quantitative estimate of drug-likeness (QED) is 0.537. The minimum atomic E-state index is -0.00726. The van der Waals surface area contributed by atoms with Crippen molar-refractivity contribution in [3.8, 4) is 11.1 Å². The van der Waals surface area contributed by atoms with Gasteiger partial charge >= 0.3 is 0 Å². The maximum atomic E-state index is 5.69. The van der Waals surface area contributed by atoms with Crippen molar-refractivity contribution >= 4 is 0 Å². The second-order valence-electron chi connectivity index (χ2n) is 5.67. The molecule has 0 aliphatic heterocycles. The predicted octanol–water partition coefficient (Wildman–Crippen LogP) is 5.88. The lowest BCUT2D eigenvalue weighted by Crippen LogP contribution is -2.06. The van der Waals surface area contributed by atoms with E-state index in [9.17, 15) is 0 Å². The van der Waals surface area contributed by atoms with Crippen LogP contribution in [0.3, 0.4) is 0 Å². The molecule has 2 rings (SSSR count). The van der Waals surface area contributed by atoms with E-state index in [2.05, 4.69) is 49.6 Å². The summed E-state index contributed by atoms with van der Waals surface area (Å²) in [6, 6.07) is 16.8. The third kappa shape index (κ3) is 4.02. The van der Waals surface area contributed by atoms with Gasteiger partial charge in [-0.3, -0.25) is 0 Å². The van der Waals surface area contributed by atoms with Crippen LogP contribution in [0.1, 0.15) is 36.2 Å². The van der Waals surface area contributed by atoms with Crippen LogP contribution in [0.15, 0.2) is 73.8 Å². The number of ether oxygens (including phenoxy) is 2. The fourth-order valence-corrected chi connectivity index (χ4v) is 3.05. The van der Waals surface area contributed by atoms with Gasteiger partial charge in [0.05, 0.1) is 12.2 Å². The second-order valence-corrected chi connectivity index (χ2v) is 5.67. The lowest BCUT2D eigenvalue weighted by molar-refractivity contribution is 0.105. The SMILES string of the molecule is C=CCC(OC)c1ccccc1-c1ccccc1C(CC=C)OC. The van der Waals surface area contributed by atoms with Crippen LogP contribution in [0, 0.1) is 0 Å². The predicted molar refractivity (Wildman–Crippen MR) is 101 cm³/mol. The summed E-state index contributed by atoms with van der Waals surface area (Å²) in [5.41, 5.74) is 4.68. The number of methoxy groups -OCH3 is 2. The van der Waals surface area contributed by atoms with Gasteiger partial charge in [-0.05, 0) is 35.1 Å². The van der Waals surface area contributed by atoms with Gasteiger partial charge in [-0.15, -0.1) is 13.2 Å². The molecule has 2 aromatic carbocycles. The zero-order chi connectivity index (χ0) is 17.4. The first-order valence-corrected chi connectivity index (χ1v) is 8.22. The molecule has 0 aliphatic carbocycles. The van der Waals surface area contributed by atoms with Gasteiger partial charge in [0.1, 0.15) is 0 Å². The Bertz CT molecular complexity index is 616. The average Bonchev–Trinajstić information content (AvgIpc) is 2.64. The summed E-state index contributed by atoms with van der Waals surface area (Å²) in [6.45, 7) is 7.70. The Balaban J connectivity index is 2.57. The third-order valence-electron chi connectivity index (χ3n) is 4.24. The van der Waals surface area contributed by atoms with Crippen molar-refractivity contribution in [2.75, 3.05) is 14.2 Å². The maximum absolute atomic E-state index is 5.69. The van der Waals surface area contributed by atoms with Gasteiger partial charge < -0.3 is 9.47 Å². The smallest absolute Gasteiger partial charge is 0.0861 e. The van der Waals surface area contributed by atoms with E-state index in [1.165, 1.54) is 22.3 Å². The molecule has 2 heteroatoms. The minimum Gasteiger partial charge on any atom is -0.376 e. The fourth-order valence-electron chi connectivity index (χ4n) is 3.05. The zero-order valence-electron chi connectivity index (χ0n) is 14.6. The Kier molecular flexibility index (Phi) is 6.98. The number of benzene rings is 2. The van der Waals surface area contributed by atoms with Crippen molar-refractivity contribution in [3.63, 3.8) is 0 Å². The first-order chi connectivity index (χ1) is 11.8. The molecule has 0 aliphatic rings. The van der Waals surface area contributed by atoms with Gasteiger partial charge in [-0.1, -0.05) is 60.7 Å². The fraction of sp³-hybridized carbons (Fsp3) is 0.273. The number of rotatable bonds is 9. The first-order valence-electron chi connectivity index (χ1n) is 8.22. The molecule has 0 fully saturated rings. The Morgan fingerprint density at radius 1 is 0.750 bits per heavy atom. The van der Waals surface area contributed by atoms with Crippen LogP contribution in [-0.4, -0.2) is 14.2 Å². The van der Waals surface area contributed by atoms with Crippen molar-refractivity contribution in [1.29, 1.82) is 0 Å². The molecule has 0 spiro atoms. The van der Waals surface area contributed by atoms with Crippen molar-refractivity contribution in [3.05, 3.63) is 85.0 Å². The first kappa shape index (κ1) is 18.2. The highest BCUT2D eigenvalue weighted by Crippen LogP contribution is 2.37. The van der Waals surface area contributed by atoms with Crippen molar-refractivity contribution in [1.82, 2.24) is 0 Å². The molecule has 0 aromatic heterocycles. The van der Waals surface area contributed by atoms with Crippen LogP contribution in [0.25, 0.3) is 11.1 Å². The van der Waals surface area contributed by atoms with E-state index in [1.54, 1.807) is 14.2 Å². The van der Waals surface area contributed by atoms with E-state index < -0.39 is 0 Å². The molecule has 0 N–H and O–H groups in total. The Morgan fingerprint density at radius 3 is 1.46 bits per heavy atom. The summed E-state index contributed by atoms with van der Waals surface area (Å²) in [5, 5.41) is 0. The van der Waals surface area contributed by atoms with Crippen LogP contribution in [0.5, 0.6) is 0 Å². The maximum Gasteiger partial charge on any atom is 0.0861 e. The van der Waals surface area contributed by atoms with Crippen molar-refractivity contribution < 1.29 is 9.47 Å². The van der Waals surface area contributed by atoms with Crippen LogP contribution in [-0.2, 0) is 9.47 Å². The number of hydrogen-bond donors (Lipinski definition) is 0. The summed E-state index contributed by atoms with van der Waals surface area (Å²) in [7, 11) is 3.49. The highest BCUT2D eigenvalue weighted by atomic mass is 16.5. The molecule has 2 atom stereocenters. The highest BCUT2D eigenvalue weighted by molar-refractivity contribution is 5.71. The Morgan fingerprint density at radius 2 is 1.12 bits per heavy atom. The van der Waals surface area contributed by atoms with Crippen LogP contribution in [0.2, 0.25) is 0 Å². The Hall–Kier alpha value is -2.16. The van der Waals surface area contributed by atoms with Crippen molar-refractivity contribution in [2.24, 2.45) is 0 Å². The molecule has 2 unspecified atom stereocenters. The monoisotopic (exact) mass is 322 g/mol. The molecule has 2 aromatic rings. The van der Waals surface area contributed by atoms with E-state index in [-0.39, 0.29) is 12.2 Å². The molecule has 0 bridgehead atoms. The molecule has 126 valence electrons. The van der Waals surface area contributed by atoms with E-state index in [0.717, 1.165) is 12.8 Å². The van der Waals surface area contributed by atoms with E-state index in [0.29, 0.717) is 0 Å². The zero-order valence-corrected chi connectivity index (χ0v) is 14.6. The minimum absolute atomic E-state index is 0.00726. The molecule has 0 heterocycles. The standard InChI is InChI=1S/C22H26O2/c1-5-11-21(23-3)19-15-9-7-13-17(19)18-14-8-10-16-20(18)22(24-4)12-6-2/h5-10,13-16,21-22H,1-2,11-12H2,3-4H3. The largest absolute Gasteiger partial charge is 0.376 e. The molecular weight excluding hydrogens is 296 g/mol. The lowest BCUT2D eigenvalue weighted by Gasteiger charge is -2.22. The summed E-state index contributed by atoms with van der Waals surface area (Å²) in [5.74, 6) is 0. The van der Waals surface area contributed by atoms with Crippen LogP contribution in [0.4, 0.5) is 0 Å². The second kappa shape index (κ2) is 9.21. The van der Waals surface area contributed by atoms with Gasteiger partial charge in [-0.25, -0.2) is 0 Å². The van der Waals surface area contributed by atoms with Gasteiger partial charge in [0.25, 0.3) is 0 Å². The van der Waals surface area contributed by atoms with Gasteiger partial charge in [0.15, 0.2) is 0 Å². The highest BCUT2D eigenvalue weighted by Gasteiger charge is 2.19. The number of hydrogen-bond acceptors (Lipinski definition) is 2. The van der Waals surface area contributed by atoms with Gasteiger partial charge in [0.2, 0.25) is 0 Å². The van der Waals surface area contributed by atoms with Crippen LogP contribution >= 0.6 is 0 Å².